The first-order chi connectivity index (χ1) is 5.70. The number of rotatable bonds is 5. The summed E-state index contributed by atoms with van der Waals surface area (Å²) in [5, 5.41) is 4.32. The number of amides is 2. The fourth-order valence-corrected chi connectivity index (χ4v) is 0.498. The molecule has 70 valence electrons. The van der Waals surface area contributed by atoms with Gasteiger partial charge in [0, 0.05) is 13.1 Å². The lowest BCUT2D eigenvalue weighted by Gasteiger charge is -2.02. The summed E-state index contributed by atoms with van der Waals surface area (Å²) >= 11 is 0. The molecule has 0 aliphatic rings. The zero-order valence-electron chi connectivity index (χ0n) is 6.40. The second kappa shape index (κ2) is 6.51. The maximum Gasteiger partial charge on any atom is 0.251 e. The standard InChI is InChI=1S/C6H10F2N2O2/c7-3-5(11)9-1-2-10-6(12)4-8/h1-4H2,(H,9,11)(H,10,12). The third-order valence-electron chi connectivity index (χ3n) is 1.01. The molecule has 0 unspecified atom stereocenters. The Morgan fingerprint density at radius 2 is 1.25 bits per heavy atom. The van der Waals surface area contributed by atoms with Gasteiger partial charge in [-0.25, -0.2) is 8.78 Å². The predicted molar refractivity (Wildman–Crippen MR) is 38.0 cm³/mol. The van der Waals surface area contributed by atoms with Crippen molar-refractivity contribution >= 4 is 11.8 Å². The smallest absolute Gasteiger partial charge is 0.251 e. The van der Waals surface area contributed by atoms with Crippen LogP contribution in [0.5, 0.6) is 0 Å². The number of nitrogens with one attached hydrogen (secondary N) is 2. The first-order valence-corrected chi connectivity index (χ1v) is 3.36. The number of carbonyl (C=O) groups excluding carboxylic acids is 2. The Kier molecular flexibility index (Phi) is 5.86. The normalized spacial score (nSPS) is 9.17. The fourth-order valence-electron chi connectivity index (χ4n) is 0.498. The van der Waals surface area contributed by atoms with Crippen LogP contribution in [-0.2, 0) is 9.59 Å². The number of halogens is 2. The van der Waals surface area contributed by atoms with Gasteiger partial charge in [-0.1, -0.05) is 0 Å². The molecular formula is C6H10F2N2O2. The van der Waals surface area contributed by atoms with Gasteiger partial charge in [0.25, 0.3) is 11.8 Å². The molecule has 6 heteroatoms. The minimum atomic E-state index is -1.09. The Bertz CT molecular complexity index is 146. The molecule has 0 aromatic carbocycles. The van der Waals surface area contributed by atoms with Crippen LogP contribution < -0.4 is 10.6 Å². The molecule has 0 radical (unpaired) electrons. The lowest BCUT2D eigenvalue weighted by atomic mass is 10.5. The van der Waals surface area contributed by atoms with E-state index in [4.69, 9.17) is 0 Å². The Morgan fingerprint density at radius 3 is 1.50 bits per heavy atom. The van der Waals surface area contributed by atoms with E-state index in [1.54, 1.807) is 0 Å². The van der Waals surface area contributed by atoms with E-state index < -0.39 is 25.2 Å². The Balaban J connectivity index is 3.21. The summed E-state index contributed by atoms with van der Waals surface area (Å²) < 4.78 is 23.0. The highest BCUT2D eigenvalue weighted by Crippen LogP contribution is 1.70. The number of hydrogen-bond donors (Lipinski definition) is 2. The van der Waals surface area contributed by atoms with Crippen LogP contribution in [0.3, 0.4) is 0 Å². The van der Waals surface area contributed by atoms with E-state index in [1.807, 2.05) is 0 Å². The molecule has 0 aliphatic carbocycles. The Labute approximate surface area is 68.3 Å². The summed E-state index contributed by atoms with van der Waals surface area (Å²) in [7, 11) is 0. The van der Waals surface area contributed by atoms with Gasteiger partial charge in [0.2, 0.25) is 0 Å². The second-order valence-corrected chi connectivity index (χ2v) is 1.97. The molecule has 2 N–H and O–H groups in total. The number of alkyl halides is 2. The molecule has 0 heterocycles. The molecule has 12 heavy (non-hydrogen) atoms. The summed E-state index contributed by atoms with van der Waals surface area (Å²) in [5.74, 6) is -1.49. The van der Waals surface area contributed by atoms with Gasteiger partial charge in [-0.2, -0.15) is 0 Å². The molecule has 0 fully saturated rings. The SMILES string of the molecule is O=C(CF)NCCNC(=O)CF. The van der Waals surface area contributed by atoms with Gasteiger partial charge < -0.3 is 10.6 Å². The first-order valence-electron chi connectivity index (χ1n) is 3.36. The average Bonchev–Trinajstić information content (AvgIpc) is 2.11. The summed E-state index contributed by atoms with van der Waals surface area (Å²) in [5.41, 5.74) is 0. The maximum atomic E-state index is 11.5. The van der Waals surface area contributed by atoms with Crippen LogP contribution in [0.4, 0.5) is 8.78 Å². The largest absolute Gasteiger partial charge is 0.352 e. The topological polar surface area (TPSA) is 58.2 Å². The molecule has 0 atom stereocenters. The molecule has 0 aliphatic heterocycles. The molecule has 4 nitrogen and oxygen atoms in total. The minimum Gasteiger partial charge on any atom is -0.352 e. The van der Waals surface area contributed by atoms with Crippen molar-refractivity contribution in [2.45, 2.75) is 0 Å². The van der Waals surface area contributed by atoms with Crippen LogP contribution in [0, 0.1) is 0 Å². The highest BCUT2D eigenvalue weighted by atomic mass is 19.1. The fraction of sp³-hybridized carbons (Fsp3) is 0.667. The van der Waals surface area contributed by atoms with Gasteiger partial charge in [0.1, 0.15) is 0 Å². The van der Waals surface area contributed by atoms with E-state index in [0.717, 1.165) is 0 Å². The van der Waals surface area contributed by atoms with Crippen molar-refractivity contribution < 1.29 is 18.4 Å². The molecule has 0 saturated carbocycles. The van der Waals surface area contributed by atoms with E-state index in [1.165, 1.54) is 0 Å². The molecule has 0 saturated heterocycles. The van der Waals surface area contributed by atoms with E-state index in [2.05, 4.69) is 10.6 Å². The zero-order chi connectivity index (χ0) is 9.40. The lowest BCUT2D eigenvalue weighted by molar-refractivity contribution is -0.123. The number of carbonyl (C=O) groups is 2. The van der Waals surface area contributed by atoms with Crippen LogP contribution in [-0.4, -0.2) is 38.3 Å². The molecule has 2 amide bonds. The van der Waals surface area contributed by atoms with Gasteiger partial charge >= 0.3 is 0 Å². The van der Waals surface area contributed by atoms with E-state index >= 15 is 0 Å². The van der Waals surface area contributed by atoms with Crippen molar-refractivity contribution in [1.29, 1.82) is 0 Å². The third kappa shape index (κ3) is 5.57. The van der Waals surface area contributed by atoms with Gasteiger partial charge in [0.05, 0.1) is 0 Å². The monoisotopic (exact) mass is 180 g/mol. The lowest BCUT2D eigenvalue weighted by Crippen LogP contribution is -2.35. The third-order valence-corrected chi connectivity index (χ3v) is 1.01. The van der Waals surface area contributed by atoms with E-state index in [0.29, 0.717) is 0 Å². The van der Waals surface area contributed by atoms with Gasteiger partial charge in [-0.15, -0.1) is 0 Å². The van der Waals surface area contributed by atoms with Crippen molar-refractivity contribution in [3.05, 3.63) is 0 Å². The molecule has 0 spiro atoms. The Hall–Kier alpha value is -1.20. The molecule has 0 aromatic rings. The average molecular weight is 180 g/mol. The van der Waals surface area contributed by atoms with Crippen LogP contribution in [0.2, 0.25) is 0 Å². The van der Waals surface area contributed by atoms with Crippen LogP contribution >= 0.6 is 0 Å². The minimum absolute atomic E-state index is 0.106. The summed E-state index contributed by atoms with van der Waals surface area (Å²) in [6.07, 6.45) is 0. The summed E-state index contributed by atoms with van der Waals surface area (Å²) in [6, 6.07) is 0. The van der Waals surface area contributed by atoms with Gasteiger partial charge in [-0.05, 0) is 0 Å². The van der Waals surface area contributed by atoms with Crippen LogP contribution in [0.1, 0.15) is 0 Å². The molecular weight excluding hydrogens is 170 g/mol. The molecule has 0 rings (SSSR count). The van der Waals surface area contributed by atoms with Gasteiger partial charge in [-0.3, -0.25) is 9.59 Å². The van der Waals surface area contributed by atoms with Crippen LogP contribution in [0.25, 0.3) is 0 Å². The molecule has 0 aromatic heterocycles. The highest BCUT2D eigenvalue weighted by Gasteiger charge is 1.99. The van der Waals surface area contributed by atoms with E-state index in [-0.39, 0.29) is 13.1 Å². The summed E-state index contributed by atoms with van der Waals surface area (Å²) in [6.45, 7) is -1.96. The zero-order valence-corrected chi connectivity index (χ0v) is 6.40. The summed E-state index contributed by atoms with van der Waals surface area (Å²) in [4.78, 5) is 20.5. The Morgan fingerprint density at radius 1 is 0.917 bits per heavy atom. The van der Waals surface area contributed by atoms with Crippen molar-refractivity contribution in [3.8, 4) is 0 Å². The van der Waals surface area contributed by atoms with Crippen molar-refractivity contribution in [3.63, 3.8) is 0 Å². The highest BCUT2D eigenvalue weighted by molar-refractivity contribution is 5.78. The predicted octanol–water partition coefficient (Wildman–Crippen LogP) is -0.842. The van der Waals surface area contributed by atoms with Gasteiger partial charge in [0.15, 0.2) is 13.3 Å². The quantitative estimate of drug-likeness (QED) is 0.542. The first kappa shape index (κ1) is 10.8. The van der Waals surface area contributed by atoms with Crippen LogP contribution in [0.15, 0.2) is 0 Å². The van der Waals surface area contributed by atoms with Crippen molar-refractivity contribution in [1.82, 2.24) is 10.6 Å². The number of hydrogen-bond acceptors (Lipinski definition) is 2. The van der Waals surface area contributed by atoms with Crippen molar-refractivity contribution in [2.75, 3.05) is 26.4 Å². The maximum absolute atomic E-state index is 11.5. The molecule has 0 bridgehead atoms. The second-order valence-electron chi connectivity index (χ2n) is 1.97. The van der Waals surface area contributed by atoms with Crippen molar-refractivity contribution in [2.24, 2.45) is 0 Å². The van der Waals surface area contributed by atoms with E-state index in [9.17, 15) is 18.4 Å².